The number of fused-ring (bicyclic) bond motifs is 1. The van der Waals surface area contributed by atoms with Crippen LogP contribution in [0.2, 0.25) is 0 Å². The van der Waals surface area contributed by atoms with Gasteiger partial charge in [0, 0.05) is 11.7 Å². The van der Waals surface area contributed by atoms with Crippen LogP contribution in [0.25, 0.3) is 0 Å². The van der Waals surface area contributed by atoms with Crippen molar-refractivity contribution in [1.82, 2.24) is 4.90 Å². The average Bonchev–Trinajstić information content (AvgIpc) is 2.41. The number of amides is 2. The fourth-order valence-electron chi connectivity index (χ4n) is 2.25. The second-order valence-corrected chi connectivity index (χ2v) is 4.37. The summed E-state index contributed by atoms with van der Waals surface area (Å²) in [5, 5.41) is 0. The number of imide groups is 1. The van der Waals surface area contributed by atoms with Crippen LogP contribution in [0.15, 0.2) is 18.2 Å². The second-order valence-electron chi connectivity index (χ2n) is 4.37. The average molecular weight is 216 g/mol. The number of hydrogen-bond donors (Lipinski definition) is 1. The van der Waals surface area contributed by atoms with Gasteiger partial charge in [-0.2, -0.15) is 0 Å². The lowest BCUT2D eigenvalue weighted by molar-refractivity contribution is 0.0506. The molecule has 1 aliphatic heterocycles. The smallest absolute Gasteiger partial charge is 0.261 e. The summed E-state index contributed by atoms with van der Waals surface area (Å²) in [7, 11) is 0. The van der Waals surface area contributed by atoms with Crippen molar-refractivity contribution in [3.63, 3.8) is 0 Å². The van der Waals surface area contributed by atoms with Crippen molar-refractivity contribution >= 4 is 17.5 Å². The van der Waals surface area contributed by atoms with Gasteiger partial charge in [-0.1, -0.05) is 0 Å². The van der Waals surface area contributed by atoms with E-state index in [-0.39, 0.29) is 17.9 Å². The van der Waals surface area contributed by atoms with Crippen LogP contribution in [0.4, 0.5) is 5.69 Å². The van der Waals surface area contributed by atoms with Crippen LogP contribution >= 0.6 is 0 Å². The molecule has 0 unspecified atom stereocenters. The van der Waals surface area contributed by atoms with E-state index in [9.17, 15) is 9.59 Å². The van der Waals surface area contributed by atoms with Crippen molar-refractivity contribution in [2.45, 2.75) is 25.3 Å². The summed E-state index contributed by atoms with van der Waals surface area (Å²) in [5.74, 6) is -0.346. The summed E-state index contributed by atoms with van der Waals surface area (Å²) in [6.07, 6.45) is 2.96. The highest BCUT2D eigenvalue weighted by atomic mass is 16.2. The third-order valence-electron chi connectivity index (χ3n) is 3.38. The van der Waals surface area contributed by atoms with E-state index < -0.39 is 0 Å². The molecular weight excluding hydrogens is 204 g/mol. The van der Waals surface area contributed by atoms with Gasteiger partial charge in [0.25, 0.3) is 11.8 Å². The number of anilines is 1. The van der Waals surface area contributed by atoms with Crippen LogP contribution in [0.5, 0.6) is 0 Å². The van der Waals surface area contributed by atoms with Gasteiger partial charge in [-0.3, -0.25) is 14.5 Å². The molecule has 1 aromatic rings. The molecule has 16 heavy (non-hydrogen) atoms. The Balaban J connectivity index is 2.05. The molecule has 1 aliphatic carbocycles. The maximum Gasteiger partial charge on any atom is 0.261 e. The fraction of sp³-hybridized carbons (Fsp3) is 0.333. The number of nitrogen functional groups attached to an aromatic ring is 1. The molecule has 2 amide bonds. The van der Waals surface area contributed by atoms with E-state index in [4.69, 9.17) is 5.73 Å². The maximum absolute atomic E-state index is 12.0. The quantitative estimate of drug-likeness (QED) is 0.570. The number of carbonyl (C=O) groups excluding carboxylic acids is 2. The predicted molar refractivity (Wildman–Crippen MR) is 59.0 cm³/mol. The normalized spacial score (nSPS) is 19.9. The molecule has 1 heterocycles. The first-order valence-corrected chi connectivity index (χ1v) is 5.46. The molecule has 1 fully saturated rings. The first-order chi connectivity index (χ1) is 7.68. The van der Waals surface area contributed by atoms with Gasteiger partial charge in [0.15, 0.2) is 0 Å². The SMILES string of the molecule is Nc1ccc2c(c1)C(=O)N(C1CCC1)C2=O. The summed E-state index contributed by atoms with van der Waals surface area (Å²) < 4.78 is 0. The zero-order valence-electron chi connectivity index (χ0n) is 8.77. The highest BCUT2D eigenvalue weighted by Gasteiger charge is 2.41. The van der Waals surface area contributed by atoms with Crippen molar-refractivity contribution in [2.75, 3.05) is 5.73 Å². The van der Waals surface area contributed by atoms with E-state index in [1.807, 2.05) is 0 Å². The molecule has 0 radical (unpaired) electrons. The summed E-state index contributed by atoms with van der Waals surface area (Å²) in [5.41, 5.74) is 7.10. The number of rotatable bonds is 1. The van der Waals surface area contributed by atoms with Crippen LogP contribution in [-0.4, -0.2) is 22.8 Å². The summed E-state index contributed by atoms with van der Waals surface area (Å²) in [6.45, 7) is 0. The topological polar surface area (TPSA) is 63.4 Å². The monoisotopic (exact) mass is 216 g/mol. The highest BCUT2D eigenvalue weighted by molar-refractivity contribution is 6.22. The number of benzene rings is 1. The maximum atomic E-state index is 12.0. The van der Waals surface area contributed by atoms with E-state index in [0.717, 1.165) is 19.3 Å². The molecule has 3 rings (SSSR count). The van der Waals surface area contributed by atoms with E-state index in [1.165, 1.54) is 4.90 Å². The Morgan fingerprint density at radius 3 is 2.44 bits per heavy atom. The van der Waals surface area contributed by atoms with Gasteiger partial charge in [0.1, 0.15) is 0 Å². The number of nitrogens with zero attached hydrogens (tertiary/aromatic N) is 1. The van der Waals surface area contributed by atoms with Gasteiger partial charge in [-0.25, -0.2) is 0 Å². The van der Waals surface area contributed by atoms with Gasteiger partial charge in [-0.15, -0.1) is 0 Å². The molecule has 0 bridgehead atoms. The molecule has 1 aromatic carbocycles. The molecule has 2 aliphatic rings. The third-order valence-corrected chi connectivity index (χ3v) is 3.38. The molecule has 4 nitrogen and oxygen atoms in total. The molecule has 0 aromatic heterocycles. The van der Waals surface area contributed by atoms with Crippen LogP contribution in [0.3, 0.4) is 0 Å². The van der Waals surface area contributed by atoms with E-state index in [2.05, 4.69) is 0 Å². The Kier molecular flexibility index (Phi) is 1.80. The standard InChI is InChI=1S/C12H12N2O2/c13-7-4-5-9-10(6-7)12(16)14(11(9)15)8-2-1-3-8/h4-6,8H,1-3,13H2. The summed E-state index contributed by atoms with van der Waals surface area (Å²) >= 11 is 0. The van der Waals surface area contributed by atoms with Crippen LogP contribution in [0, 0.1) is 0 Å². The first kappa shape index (κ1) is 9.39. The van der Waals surface area contributed by atoms with Crippen LogP contribution < -0.4 is 5.73 Å². The Morgan fingerprint density at radius 1 is 1.12 bits per heavy atom. The molecule has 0 saturated heterocycles. The van der Waals surface area contributed by atoms with Crippen molar-refractivity contribution in [1.29, 1.82) is 0 Å². The minimum absolute atomic E-state index is 0.105. The van der Waals surface area contributed by atoms with Crippen molar-refractivity contribution < 1.29 is 9.59 Å². The van der Waals surface area contributed by atoms with E-state index in [0.29, 0.717) is 16.8 Å². The zero-order valence-corrected chi connectivity index (χ0v) is 8.77. The molecule has 82 valence electrons. The van der Waals surface area contributed by atoms with Gasteiger partial charge in [0.2, 0.25) is 0 Å². The molecule has 0 spiro atoms. The van der Waals surface area contributed by atoms with Crippen LogP contribution in [-0.2, 0) is 0 Å². The van der Waals surface area contributed by atoms with Gasteiger partial charge in [-0.05, 0) is 37.5 Å². The minimum atomic E-state index is -0.183. The number of hydrogen-bond acceptors (Lipinski definition) is 3. The lowest BCUT2D eigenvalue weighted by Gasteiger charge is -2.32. The Hall–Kier alpha value is -1.84. The molecule has 0 atom stereocenters. The van der Waals surface area contributed by atoms with Gasteiger partial charge in [0.05, 0.1) is 11.1 Å². The number of nitrogens with two attached hydrogens (primary N) is 1. The Labute approximate surface area is 93.0 Å². The third kappa shape index (κ3) is 1.10. The molecule has 1 saturated carbocycles. The van der Waals surface area contributed by atoms with Gasteiger partial charge >= 0.3 is 0 Å². The largest absolute Gasteiger partial charge is 0.399 e. The Morgan fingerprint density at radius 2 is 1.81 bits per heavy atom. The van der Waals surface area contributed by atoms with Crippen molar-refractivity contribution in [3.05, 3.63) is 29.3 Å². The molecular formula is C12H12N2O2. The lowest BCUT2D eigenvalue weighted by atomic mass is 9.91. The summed E-state index contributed by atoms with van der Waals surface area (Å²) in [4.78, 5) is 25.5. The lowest BCUT2D eigenvalue weighted by Crippen LogP contribution is -2.43. The molecule has 2 N–H and O–H groups in total. The highest BCUT2D eigenvalue weighted by Crippen LogP contribution is 2.33. The van der Waals surface area contributed by atoms with Crippen molar-refractivity contribution in [2.24, 2.45) is 0 Å². The number of carbonyl (C=O) groups is 2. The summed E-state index contributed by atoms with van der Waals surface area (Å²) in [6, 6.07) is 5.00. The Bertz CT molecular complexity index is 492. The predicted octanol–water partition coefficient (Wildman–Crippen LogP) is 1.42. The van der Waals surface area contributed by atoms with Crippen LogP contribution in [0.1, 0.15) is 40.0 Å². The first-order valence-electron chi connectivity index (χ1n) is 5.46. The second kappa shape index (κ2) is 3.07. The van der Waals surface area contributed by atoms with E-state index >= 15 is 0 Å². The van der Waals surface area contributed by atoms with E-state index in [1.54, 1.807) is 18.2 Å². The zero-order chi connectivity index (χ0) is 11.3. The fourth-order valence-corrected chi connectivity index (χ4v) is 2.25. The van der Waals surface area contributed by atoms with Gasteiger partial charge < -0.3 is 5.73 Å². The molecule has 4 heteroatoms. The minimum Gasteiger partial charge on any atom is -0.399 e. The van der Waals surface area contributed by atoms with Crippen molar-refractivity contribution in [3.8, 4) is 0 Å².